The highest BCUT2D eigenvalue weighted by Gasteiger charge is 2.18. The van der Waals surface area contributed by atoms with E-state index in [9.17, 15) is 0 Å². The third-order valence-corrected chi connectivity index (χ3v) is 5.29. The Hall–Kier alpha value is -0.770. The lowest BCUT2D eigenvalue weighted by molar-refractivity contribution is 0.131. The number of hydrogen-bond acceptors (Lipinski definition) is 3. The molecule has 3 nitrogen and oxygen atoms in total. The van der Waals surface area contributed by atoms with Gasteiger partial charge in [-0.25, -0.2) is 0 Å². The Kier molecular flexibility index (Phi) is 6.43. The Morgan fingerprint density at radius 1 is 0.875 bits per heavy atom. The van der Waals surface area contributed by atoms with Crippen LogP contribution in [0.1, 0.15) is 38.7 Å². The van der Waals surface area contributed by atoms with Crippen LogP contribution in [0.15, 0.2) is 18.2 Å². The number of benzene rings is 1. The molecule has 1 aromatic rings. The van der Waals surface area contributed by atoms with Crippen LogP contribution < -0.4 is 4.90 Å². The first-order valence-electron chi connectivity index (χ1n) is 9.38. The molecular formula is C20H31ClN3. The van der Waals surface area contributed by atoms with E-state index in [0.717, 1.165) is 31.2 Å². The quantitative estimate of drug-likeness (QED) is 0.794. The molecule has 24 heavy (non-hydrogen) atoms. The van der Waals surface area contributed by atoms with Crippen molar-refractivity contribution in [2.75, 3.05) is 50.7 Å². The van der Waals surface area contributed by atoms with Crippen LogP contribution in [0.25, 0.3) is 0 Å². The molecule has 1 aromatic carbocycles. The second-order valence-electron chi connectivity index (χ2n) is 7.62. The standard InChI is InChI=1S/C20H31ClN3/c1-17(2)15-22-8-10-23(11-9-22)16-18-12-19(21)14-20(13-18)24-6-4-3-5-7-24/h12-14H,3-11,15-16H2,1-2H3. The Morgan fingerprint density at radius 3 is 2.21 bits per heavy atom. The first-order valence-corrected chi connectivity index (χ1v) is 9.76. The lowest BCUT2D eigenvalue weighted by Crippen LogP contribution is -2.46. The molecule has 0 atom stereocenters. The number of nitrogens with zero attached hydrogens (tertiary/aromatic N) is 3. The van der Waals surface area contributed by atoms with Gasteiger partial charge in [0.1, 0.15) is 0 Å². The molecule has 2 aliphatic heterocycles. The van der Waals surface area contributed by atoms with E-state index in [4.69, 9.17) is 11.6 Å². The van der Waals surface area contributed by atoms with Crippen LogP contribution in [0.5, 0.6) is 0 Å². The van der Waals surface area contributed by atoms with Gasteiger partial charge in [-0.15, -0.1) is 0 Å². The lowest BCUT2D eigenvalue weighted by Gasteiger charge is -2.35. The summed E-state index contributed by atoms with van der Waals surface area (Å²) in [6, 6.07) is 6.63. The molecule has 2 fully saturated rings. The molecule has 2 saturated heterocycles. The SMILES string of the molecule is C[C](C)CN1CCN(Cc2cc(Cl)cc(N3CCCCC3)c2)CC1. The number of piperazine rings is 1. The Labute approximate surface area is 152 Å². The van der Waals surface area contributed by atoms with E-state index in [1.54, 1.807) is 0 Å². The molecule has 3 rings (SSSR count). The highest BCUT2D eigenvalue weighted by molar-refractivity contribution is 6.30. The van der Waals surface area contributed by atoms with E-state index >= 15 is 0 Å². The zero-order chi connectivity index (χ0) is 16.9. The molecule has 133 valence electrons. The summed E-state index contributed by atoms with van der Waals surface area (Å²) in [4.78, 5) is 7.62. The van der Waals surface area contributed by atoms with Gasteiger partial charge >= 0.3 is 0 Å². The van der Waals surface area contributed by atoms with Crippen LogP contribution >= 0.6 is 11.6 Å². The Balaban J connectivity index is 1.58. The fourth-order valence-corrected chi connectivity index (χ4v) is 4.12. The Morgan fingerprint density at radius 2 is 1.54 bits per heavy atom. The van der Waals surface area contributed by atoms with Crippen LogP contribution in [-0.4, -0.2) is 55.6 Å². The van der Waals surface area contributed by atoms with Crippen molar-refractivity contribution in [3.8, 4) is 0 Å². The fraction of sp³-hybridized carbons (Fsp3) is 0.650. The highest BCUT2D eigenvalue weighted by Crippen LogP contribution is 2.26. The molecule has 0 aliphatic carbocycles. The van der Waals surface area contributed by atoms with Crippen molar-refractivity contribution in [3.63, 3.8) is 0 Å². The van der Waals surface area contributed by atoms with Gasteiger partial charge in [-0.3, -0.25) is 4.90 Å². The average molecular weight is 349 g/mol. The maximum atomic E-state index is 6.41. The van der Waals surface area contributed by atoms with Gasteiger partial charge < -0.3 is 9.80 Å². The highest BCUT2D eigenvalue weighted by atomic mass is 35.5. The molecule has 0 N–H and O–H groups in total. The molecule has 4 heteroatoms. The van der Waals surface area contributed by atoms with Crippen LogP contribution in [0.2, 0.25) is 5.02 Å². The number of hydrogen-bond donors (Lipinski definition) is 0. The van der Waals surface area contributed by atoms with Gasteiger partial charge in [-0.2, -0.15) is 0 Å². The van der Waals surface area contributed by atoms with E-state index in [1.165, 1.54) is 62.6 Å². The number of halogens is 1. The second-order valence-corrected chi connectivity index (χ2v) is 8.06. The maximum absolute atomic E-state index is 6.41. The van der Waals surface area contributed by atoms with Crippen LogP contribution in [-0.2, 0) is 6.54 Å². The monoisotopic (exact) mass is 348 g/mol. The van der Waals surface area contributed by atoms with Crippen molar-refractivity contribution in [1.29, 1.82) is 0 Å². The summed E-state index contributed by atoms with van der Waals surface area (Å²) in [7, 11) is 0. The normalized spacial score (nSPS) is 20.8. The summed E-state index contributed by atoms with van der Waals surface area (Å²) in [5, 5.41) is 0.878. The van der Waals surface area contributed by atoms with Crippen molar-refractivity contribution < 1.29 is 0 Å². The Bertz CT molecular complexity index is 518. The van der Waals surface area contributed by atoms with Gasteiger partial charge in [0.2, 0.25) is 0 Å². The first-order chi connectivity index (χ1) is 11.6. The molecule has 0 aromatic heterocycles. The van der Waals surface area contributed by atoms with Crippen molar-refractivity contribution in [3.05, 3.63) is 34.7 Å². The van der Waals surface area contributed by atoms with Crippen molar-refractivity contribution in [1.82, 2.24) is 9.80 Å². The molecule has 0 unspecified atom stereocenters. The smallest absolute Gasteiger partial charge is 0.0429 e. The molecular weight excluding hydrogens is 318 g/mol. The summed E-state index contributed by atoms with van der Waals surface area (Å²) < 4.78 is 0. The summed E-state index contributed by atoms with van der Waals surface area (Å²) in [5.41, 5.74) is 2.67. The number of piperidine rings is 1. The van der Waals surface area contributed by atoms with E-state index in [0.29, 0.717) is 0 Å². The zero-order valence-electron chi connectivity index (χ0n) is 15.2. The largest absolute Gasteiger partial charge is 0.371 e. The molecule has 0 saturated carbocycles. The van der Waals surface area contributed by atoms with Crippen molar-refractivity contribution in [2.24, 2.45) is 0 Å². The first kappa shape index (κ1) is 18.0. The summed E-state index contributed by atoms with van der Waals surface area (Å²) in [5.74, 6) is 1.50. The number of rotatable bonds is 5. The van der Waals surface area contributed by atoms with Gasteiger partial charge in [0.25, 0.3) is 0 Å². The lowest BCUT2D eigenvalue weighted by atomic mass is 10.1. The predicted molar refractivity (Wildman–Crippen MR) is 104 cm³/mol. The third-order valence-electron chi connectivity index (χ3n) is 5.07. The maximum Gasteiger partial charge on any atom is 0.0429 e. The number of anilines is 1. The van der Waals surface area contributed by atoms with E-state index in [1.807, 2.05) is 0 Å². The topological polar surface area (TPSA) is 9.72 Å². The summed E-state index contributed by atoms with van der Waals surface area (Å²) >= 11 is 6.41. The van der Waals surface area contributed by atoms with Crippen molar-refractivity contribution >= 4 is 17.3 Å². The molecule has 0 amide bonds. The van der Waals surface area contributed by atoms with Gasteiger partial charge in [-0.05, 0) is 48.9 Å². The third kappa shape index (κ3) is 5.11. The van der Waals surface area contributed by atoms with Gasteiger partial charge in [0.05, 0.1) is 0 Å². The second kappa shape index (κ2) is 8.55. The van der Waals surface area contributed by atoms with Gasteiger partial charge in [-0.1, -0.05) is 25.4 Å². The predicted octanol–water partition coefficient (Wildman–Crippen LogP) is 4.06. The minimum Gasteiger partial charge on any atom is -0.371 e. The van der Waals surface area contributed by atoms with Gasteiger partial charge in [0.15, 0.2) is 0 Å². The van der Waals surface area contributed by atoms with E-state index in [-0.39, 0.29) is 0 Å². The summed E-state index contributed by atoms with van der Waals surface area (Å²) in [6.07, 6.45) is 3.97. The molecule has 0 bridgehead atoms. The average Bonchev–Trinajstić information content (AvgIpc) is 2.56. The van der Waals surface area contributed by atoms with Crippen LogP contribution in [0, 0.1) is 5.92 Å². The van der Waals surface area contributed by atoms with Crippen molar-refractivity contribution in [2.45, 2.75) is 39.7 Å². The minimum atomic E-state index is 0.878. The molecule has 1 radical (unpaired) electrons. The minimum absolute atomic E-state index is 0.878. The molecule has 2 heterocycles. The fourth-order valence-electron chi connectivity index (χ4n) is 3.87. The van der Waals surface area contributed by atoms with E-state index in [2.05, 4.69) is 46.7 Å². The van der Waals surface area contributed by atoms with E-state index < -0.39 is 0 Å². The summed E-state index contributed by atoms with van der Waals surface area (Å²) in [6.45, 7) is 13.6. The van der Waals surface area contributed by atoms with Gasteiger partial charge in [0, 0.05) is 63.1 Å². The molecule has 2 aliphatic rings. The van der Waals surface area contributed by atoms with Crippen LogP contribution in [0.3, 0.4) is 0 Å². The molecule has 0 spiro atoms. The zero-order valence-corrected chi connectivity index (χ0v) is 16.0. The van der Waals surface area contributed by atoms with Crippen LogP contribution in [0.4, 0.5) is 5.69 Å².